The fourth-order valence-electron chi connectivity index (χ4n) is 7.40. The molecule has 0 spiro atoms. The zero-order valence-electron chi connectivity index (χ0n) is 32.6. The molecule has 45 heavy (non-hydrogen) atoms. The van der Waals surface area contributed by atoms with Crippen molar-refractivity contribution in [2.45, 2.75) is 233 Å². The number of nitrogens with zero attached hydrogens (tertiary/aromatic N) is 1. The van der Waals surface area contributed by atoms with E-state index in [4.69, 9.17) is 0 Å². The van der Waals surface area contributed by atoms with E-state index < -0.39 is 0 Å². The van der Waals surface area contributed by atoms with Crippen LogP contribution in [-0.2, 0) is 0 Å². The van der Waals surface area contributed by atoms with Crippen LogP contribution in [0.4, 0.5) is 0 Å². The average Bonchev–Trinajstić information content (AvgIpc) is 3.04. The molecule has 1 N–H and O–H groups in total. The van der Waals surface area contributed by atoms with Gasteiger partial charge in [-0.15, -0.1) is 0 Å². The average molecular weight is 635 g/mol. The molecule has 0 fully saturated rings. The van der Waals surface area contributed by atoms with Gasteiger partial charge in [-0.1, -0.05) is 214 Å². The van der Waals surface area contributed by atoms with Crippen LogP contribution in [0.15, 0.2) is 0 Å². The maximum Gasteiger partial charge on any atom is -0.000664 e. The van der Waals surface area contributed by atoms with Crippen LogP contribution in [0.2, 0.25) is 0 Å². The van der Waals surface area contributed by atoms with Crippen molar-refractivity contribution >= 4 is 0 Å². The van der Waals surface area contributed by atoms with Crippen molar-refractivity contribution in [1.29, 1.82) is 0 Å². The lowest BCUT2D eigenvalue weighted by atomic mass is 9.89. The summed E-state index contributed by atoms with van der Waals surface area (Å²) in [6, 6.07) is 0. The maximum atomic E-state index is 3.36. The zero-order valence-corrected chi connectivity index (χ0v) is 32.6. The molecule has 0 aliphatic heterocycles. The summed E-state index contributed by atoms with van der Waals surface area (Å²) in [4.78, 5) is 2.80. The molecule has 272 valence electrons. The standard InChI is InChI=1S/C43H90N2/c1-6-9-12-15-20-27-35-43(36-28-21-16-13-10-7-2)37-29-22-18-24-31-40-45(41-32-38-44-5)39-30-23-17-19-26-34-42(4)33-25-14-11-8-3/h42-44H,6-41H2,1-5H3. The van der Waals surface area contributed by atoms with Crippen LogP contribution in [0.1, 0.15) is 233 Å². The van der Waals surface area contributed by atoms with Crippen molar-refractivity contribution in [2.75, 3.05) is 33.2 Å². The molecule has 0 heterocycles. The number of nitrogens with one attached hydrogen (secondary N) is 1. The molecule has 2 nitrogen and oxygen atoms in total. The van der Waals surface area contributed by atoms with Gasteiger partial charge in [0.1, 0.15) is 0 Å². The topological polar surface area (TPSA) is 15.3 Å². The Bertz CT molecular complexity index is 504. The predicted octanol–water partition coefficient (Wildman–Crippen LogP) is 14.3. The van der Waals surface area contributed by atoms with Crippen molar-refractivity contribution < 1.29 is 0 Å². The fraction of sp³-hybridized carbons (Fsp3) is 1.00. The van der Waals surface area contributed by atoms with Crippen LogP contribution < -0.4 is 5.32 Å². The van der Waals surface area contributed by atoms with Gasteiger partial charge >= 0.3 is 0 Å². The molecule has 0 saturated heterocycles. The molecule has 1 unspecified atom stereocenters. The van der Waals surface area contributed by atoms with Crippen molar-refractivity contribution in [3.05, 3.63) is 0 Å². The van der Waals surface area contributed by atoms with Gasteiger partial charge in [0.2, 0.25) is 0 Å². The Balaban J connectivity index is 4.09. The number of unbranched alkanes of at least 4 members (excludes halogenated alkanes) is 21. The minimum Gasteiger partial charge on any atom is -0.320 e. The summed E-state index contributed by atoms with van der Waals surface area (Å²) in [5.74, 6) is 1.96. The van der Waals surface area contributed by atoms with E-state index in [1.165, 1.54) is 225 Å². The third-order valence-corrected chi connectivity index (χ3v) is 10.6. The Kier molecular flexibility index (Phi) is 38.3. The van der Waals surface area contributed by atoms with Gasteiger partial charge in [0.25, 0.3) is 0 Å². The molecule has 0 aliphatic rings. The summed E-state index contributed by atoms with van der Waals surface area (Å²) in [6.07, 6.45) is 46.4. The molecular formula is C43H90N2. The molecule has 0 radical (unpaired) electrons. The van der Waals surface area contributed by atoms with Crippen LogP contribution in [-0.4, -0.2) is 38.1 Å². The van der Waals surface area contributed by atoms with Crippen LogP contribution in [0.5, 0.6) is 0 Å². The van der Waals surface area contributed by atoms with Gasteiger partial charge in [-0.25, -0.2) is 0 Å². The van der Waals surface area contributed by atoms with Gasteiger partial charge in [-0.2, -0.15) is 0 Å². The predicted molar refractivity (Wildman–Crippen MR) is 208 cm³/mol. The summed E-state index contributed by atoms with van der Waals surface area (Å²) >= 11 is 0. The largest absolute Gasteiger partial charge is 0.320 e. The highest BCUT2D eigenvalue weighted by atomic mass is 15.1. The third kappa shape index (κ3) is 35.1. The van der Waals surface area contributed by atoms with Crippen molar-refractivity contribution in [2.24, 2.45) is 11.8 Å². The smallest absolute Gasteiger partial charge is 0.000664 e. The summed E-state index contributed by atoms with van der Waals surface area (Å²) in [6.45, 7) is 14.6. The first-order valence-corrected chi connectivity index (χ1v) is 21.5. The maximum absolute atomic E-state index is 3.36. The molecule has 2 heteroatoms. The Morgan fingerprint density at radius 2 is 0.689 bits per heavy atom. The Morgan fingerprint density at radius 1 is 0.378 bits per heavy atom. The number of hydrogen-bond acceptors (Lipinski definition) is 2. The molecular weight excluding hydrogens is 544 g/mol. The van der Waals surface area contributed by atoms with Gasteiger partial charge in [0.15, 0.2) is 0 Å². The molecule has 0 aromatic carbocycles. The number of rotatable bonds is 39. The van der Waals surface area contributed by atoms with E-state index in [0.29, 0.717) is 0 Å². The van der Waals surface area contributed by atoms with E-state index >= 15 is 0 Å². The molecule has 0 rings (SSSR count). The highest BCUT2D eigenvalue weighted by molar-refractivity contribution is 4.64. The monoisotopic (exact) mass is 635 g/mol. The highest BCUT2D eigenvalue weighted by Gasteiger charge is 2.10. The van der Waals surface area contributed by atoms with E-state index in [0.717, 1.165) is 18.4 Å². The van der Waals surface area contributed by atoms with Gasteiger partial charge in [0.05, 0.1) is 0 Å². The van der Waals surface area contributed by atoms with E-state index in [1.807, 2.05) is 0 Å². The van der Waals surface area contributed by atoms with Crippen molar-refractivity contribution in [1.82, 2.24) is 10.2 Å². The lowest BCUT2D eigenvalue weighted by molar-refractivity contribution is 0.256. The zero-order chi connectivity index (χ0) is 32.9. The summed E-state index contributed by atoms with van der Waals surface area (Å²) < 4.78 is 0. The molecule has 0 aromatic rings. The first-order valence-electron chi connectivity index (χ1n) is 21.5. The first kappa shape index (κ1) is 44.9. The lowest BCUT2D eigenvalue weighted by Crippen LogP contribution is -2.29. The normalized spacial score (nSPS) is 12.6. The van der Waals surface area contributed by atoms with Gasteiger partial charge in [-0.3, -0.25) is 0 Å². The van der Waals surface area contributed by atoms with Crippen LogP contribution in [0.3, 0.4) is 0 Å². The molecule has 0 bridgehead atoms. The van der Waals surface area contributed by atoms with Crippen LogP contribution in [0, 0.1) is 11.8 Å². The minimum atomic E-state index is 0.946. The highest BCUT2D eigenvalue weighted by Crippen LogP contribution is 2.25. The second kappa shape index (κ2) is 38.4. The number of hydrogen-bond donors (Lipinski definition) is 1. The van der Waals surface area contributed by atoms with E-state index in [9.17, 15) is 0 Å². The van der Waals surface area contributed by atoms with E-state index in [2.05, 4.69) is 45.0 Å². The fourth-order valence-corrected chi connectivity index (χ4v) is 7.40. The lowest BCUT2D eigenvalue weighted by Gasteiger charge is -2.22. The van der Waals surface area contributed by atoms with Gasteiger partial charge in [0, 0.05) is 0 Å². The quantitative estimate of drug-likeness (QED) is 0.0677. The van der Waals surface area contributed by atoms with Gasteiger partial charge < -0.3 is 10.2 Å². The molecule has 0 aliphatic carbocycles. The summed E-state index contributed by atoms with van der Waals surface area (Å²) in [5, 5.41) is 3.36. The second-order valence-corrected chi connectivity index (χ2v) is 15.3. The Hall–Kier alpha value is -0.0800. The Labute approximate surface area is 287 Å². The molecule has 0 amide bonds. The minimum absolute atomic E-state index is 0.946. The Morgan fingerprint density at radius 3 is 1.09 bits per heavy atom. The van der Waals surface area contributed by atoms with E-state index in [-0.39, 0.29) is 0 Å². The summed E-state index contributed by atoms with van der Waals surface area (Å²) in [7, 11) is 2.10. The second-order valence-electron chi connectivity index (χ2n) is 15.3. The van der Waals surface area contributed by atoms with Crippen molar-refractivity contribution in [3.8, 4) is 0 Å². The van der Waals surface area contributed by atoms with Crippen molar-refractivity contribution in [3.63, 3.8) is 0 Å². The third-order valence-electron chi connectivity index (χ3n) is 10.6. The molecule has 0 aromatic heterocycles. The molecule has 1 atom stereocenters. The van der Waals surface area contributed by atoms with Crippen LogP contribution in [0.25, 0.3) is 0 Å². The van der Waals surface area contributed by atoms with E-state index in [1.54, 1.807) is 0 Å². The first-order chi connectivity index (χ1) is 22.2. The SMILES string of the molecule is CCCCCCCCC(CCCCCCCC)CCCCCCCN(CCCCCCCC(C)CCCCCC)CCCNC. The molecule has 0 saturated carbocycles. The van der Waals surface area contributed by atoms with Crippen LogP contribution >= 0.6 is 0 Å². The summed E-state index contributed by atoms with van der Waals surface area (Å²) in [5.41, 5.74) is 0. The van der Waals surface area contributed by atoms with Gasteiger partial charge in [-0.05, 0) is 64.3 Å².